The van der Waals surface area contributed by atoms with Crippen LogP contribution in [0.2, 0.25) is 0 Å². The Kier molecular flexibility index (Phi) is 8.23. The lowest BCUT2D eigenvalue weighted by atomic mass is 9.60. The van der Waals surface area contributed by atoms with Crippen LogP contribution in [-0.4, -0.2) is 100 Å². The molecule has 1 aliphatic carbocycles. The fourth-order valence-corrected chi connectivity index (χ4v) is 9.45. The molecule has 5 heterocycles. The number of esters is 1. The van der Waals surface area contributed by atoms with E-state index in [2.05, 4.69) is 4.98 Å². The zero-order valence-corrected chi connectivity index (χ0v) is 29.9. The van der Waals surface area contributed by atoms with Gasteiger partial charge in [-0.1, -0.05) is 24.3 Å². The highest BCUT2D eigenvalue weighted by molar-refractivity contribution is 5.98. The number of H-pyrrole nitrogens is 1. The Labute approximate surface area is 313 Å². The highest BCUT2D eigenvalue weighted by atomic mass is 16.7. The van der Waals surface area contributed by atoms with Gasteiger partial charge < -0.3 is 70.0 Å². The number of ether oxygens (including phenoxy) is 7. The van der Waals surface area contributed by atoms with Crippen molar-refractivity contribution < 1.29 is 63.2 Å². The molecule has 9 rings (SSSR count). The number of benzene rings is 3. The van der Waals surface area contributed by atoms with Gasteiger partial charge >= 0.3 is 11.9 Å². The van der Waals surface area contributed by atoms with Crippen LogP contribution in [0.5, 0.6) is 28.7 Å². The highest BCUT2D eigenvalue weighted by Gasteiger charge is 2.71. The van der Waals surface area contributed by atoms with Crippen molar-refractivity contribution in [2.45, 2.75) is 79.7 Å². The second-order valence-corrected chi connectivity index (χ2v) is 14.9. The molecule has 1 saturated carbocycles. The number of nitrogens with one attached hydrogen (secondary N) is 1. The molecular formula is C39H41N3O13. The van der Waals surface area contributed by atoms with Gasteiger partial charge in [0.15, 0.2) is 23.2 Å². The number of hydrogen-bond acceptors (Lipinski definition) is 14. The first-order valence-corrected chi connectivity index (χ1v) is 18.1. The van der Waals surface area contributed by atoms with Gasteiger partial charge in [-0.25, -0.2) is 0 Å². The first-order chi connectivity index (χ1) is 26.4. The third kappa shape index (κ3) is 5.12. The van der Waals surface area contributed by atoms with Crippen LogP contribution in [0.15, 0.2) is 48.7 Å². The molecule has 3 aromatic carbocycles. The van der Waals surface area contributed by atoms with Gasteiger partial charge in [0.25, 0.3) is 0 Å². The summed E-state index contributed by atoms with van der Waals surface area (Å²) in [6.45, 7) is 0.254. The molecule has 4 aliphatic heterocycles. The molecule has 16 nitrogen and oxygen atoms in total. The fourth-order valence-electron chi connectivity index (χ4n) is 9.45. The van der Waals surface area contributed by atoms with Gasteiger partial charge in [-0.15, -0.1) is 0 Å². The zero-order chi connectivity index (χ0) is 38.6. The molecule has 5 aliphatic rings. The van der Waals surface area contributed by atoms with Crippen molar-refractivity contribution in [1.82, 2.24) is 4.98 Å². The lowest BCUT2D eigenvalue weighted by Gasteiger charge is -2.60. The molecule has 55 heavy (non-hydrogen) atoms. The van der Waals surface area contributed by atoms with Gasteiger partial charge in [-0.3, -0.25) is 9.59 Å². The van der Waals surface area contributed by atoms with E-state index in [9.17, 15) is 24.9 Å². The van der Waals surface area contributed by atoms with Crippen LogP contribution in [0, 0.1) is 5.92 Å². The minimum atomic E-state index is -2.22. The van der Waals surface area contributed by atoms with Crippen LogP contribution >= 0.6 is 0 Å². The lowest BCUT2D eigenvalue weighted by molar-refractivity contribution is -0.384. The van der Waals surface area contributed by atoms with Crippen molar-refractivity contribution in [3.8, 4) is 39.9 Å². The van der Waals surface area contributed by atoms with Crippen LogP contribution in [0.3, 0.4) is 0 Å². The number of carboxylic acid groups (broad SMARTS) is 1. The Balaban J connectivity index is 1.20. The van der Waals surface area contributed by atoms with Crippen LogP contribution < -0.4 is 35.2 Å². The Morgan fingerprint density at radius 3 is 2.62 bits per heavy atom. The number of aromatic amines is 1. The van der Waals surface area contributed by atoms with Gasteiger partial charge in [0.2, 0.25) is 12.0 Å². The molecular weight excluding hydrogens is 718 g/mol. The minimum absolute atomic E-state index is 0.116. The molecule has 0 radical (unpaired) electrons. The number of aliphatic hydroxyl groups is 3. The summed E-state index contributed by atoms with van der Waals surface area (Å²) in [6, 6.07) is 13.3. The summed E-state index contributed by atoms with van der Waals surface area (Å²) in [5, 5.41) is 46.7. The van der Waals surface area contributed by atoms with E-state index in [1.165, 1.54) is 0 Å². The van der Waals surface area contributed by atoms with E-state index in [0.29, 0.717) is 28.6 Å². The summed E-state index contributed by atoms with van der Waals surface area (Å²) in [6.07, 6.45) is -7.63. The second-order valence-electron chi connectivity index (χ2n) is 14.9. The average Bonchev–Trinajstić information content (AvgIpc) is 3.72. The van der Waals surface area contributed by atoms with E-state index in [4.69, 9.17) is 49.7 Å². The first kappa shape index (κ1) is 35.6. The Bertz CT molecular complexity index is 2220. The van der Waals surface area contributed by atoms with Crippen molar-refractivity contribution >= 4 is 22.8 Å². The third-order valence-electron chi connectivity index (χ3n) is 12.0. The number of aromatic nitrogens is 1. The van der Waals surface area contributed by atoms with Gasteiger partial charge in [-0.2, -0.15) is 0 Å². The van der Waals surface area contributed by atoms with Crippen molar-refractivity contribution in [3.63, 3.8) is 0 Å². The maximum atomic E-state index is 12.5. The van der Waals surface area contributed by atoms with Crippen molar-refractivity contribution in [1.29, 1.82) is 0 Å². The van der Waals surface area contributed by atoms with Gasteiger partial charge in [0.05, 0.1) is 32.9 Å². The number of nitrogens with two attached hydrogens (primary N) is 2. The van der Waals surface area contributed by atoms with Crippen molar-refractivity contribution in [3.05, 3.63) is 65.4 Å². The number of carboxylic acids is 1. The predicted octanol–water partition coefficient (Wildman–Crippen LogP) is 1.98. The number of carbonyl (C=O) groups is 2. The van der Waals surface area contributed by atoms with E-state index in [0.717, 1.165) is 33.2 Å². The number of methoxy groups -OCH3 is 2. The first-order valence-electron chi connectivity index (χ1n) is 18.1. The molecule has 1 saturated heterocycles. The van der Waals surface area contributed by atoms with Crippen LogP contribution in [0.25, 0.3) is 22.0 Å². The summed E-state index contributed by atoms with van der Waals surface area (Å²) >= 11 is 0. The number of aliphatic carboxylic acids is 1. The smallest absolute Gasteiger partial charge is 0.317 e. The standard InChI is InChI=1S/C39H41N3O13/c1-49-23-8-7-18-21-15-51-25-12-24-19(28(20-14-42-22-6-4-3-5-17(20)22)29(25)30(21)54-31(18)32(23)50-2)11-16-9-10-38(47)34(55-37(52-24)39(16,48)36(38)46)33(35(40)41)53-27(45)13-26(43)44/h3-8,12,14,16,21,30,33-37,42,46-48H,9-11,13,15,40-41H2,1-2H3,(H,43,44)/t16-,21+,30-,33+,34-,36+,37-,38-,39-/m1/s1. The SMILES string of the molecule is COc1ccc2c(c1OC)O[C@H]1c3c(cc4c(c3-c3c[nH]c5ccccc35)C[C@H]3CC[C@@]5(O)[C@@H]([C@H](OC(=O)CC(=O)O)C(N)N)O[C@@H](O4)[C@]3(O)[C@H]5O)OC[C@@H]21. The maximum absolute atomic E-state index is 12.5. The third-order valence-corrected chi connectivity index (χ3v) is 12.0. The molecule has 0 amide bonds. The van der Waals surface area contributed by atoms with E-state index in [1.54, 1.807) is 20.3 Å². The van der Waals surface area contributed by atoms with Gasteiger partial charge in [0.1, 0.15) is 41.8 Å². The van der Waals surface area contributed by atoms with Crippen LogP contribution in [-0.2, 0) is 25.5 Å². The van der Waals surface area contributed by atoms with Crippen LogP contribution in [0.1, 0.15) is 48.0 Å². The minimum Gasteiger partial charge on any atom is -0.493 e. The summed E-state index contributed by atoms with van der Waals surface area (Å²) < 4.78 is 43.0. The number of fused-ring (bicyclic) bond motifs is 8. The summed E-state index contributed by atoms with van der Waals surface area (Å²) in [5.74, 6) is -1.29. The Morgan fingerprint density at radius 2 is 1.87 bits per heavy atom. The van der Waals surface area contributed by atoms with Crippen molar-refractivity contribution in [2.75, 3.05) is 20.8 Å². The largest absolute Gasteiger partial charge is 0.493 e. The summed E-state index contributed by atoms with van der Waals surface area (Å²) in [4.78, 5) is 27.2. The van der Waals surface area contributed by atoms with E-state index in [-0.39, 0.29) is 37.5 Å². The predicted molar refractivity (Wildman–Crippen MR) is 191 cm³/mol. The lowest BCUT2D eigenvalue weighted by Crippen LogP contribution is -2.80. The fraction of sp³-hybridized carbons (Fsp3) is 0.436. The number of carbonyl (C=O) groups excluding carboxylic acids is 1. The van der Waals surface area contributed by atoms with E-state index < -0.39 is 72.4 Å². The summed E-state index contributed by atoms with van der Waals surface area (Å²) in [7, 11) is 3.12. The van der Waals surface area contributed by atoms with Gasteiger partial charge in [0, 0.05) is 56.9 Å². The Hall–Kier alpha value is -5.10. The topological polar surface area (TPSA) is 247 Å². The quantitative estimate of drug-likeness (QED) is 0.0771. The average molecular weight is 760 g/mol. The normalized spacial score (nSPS) is 30.3. The van der Waals surface area contributed by atoms with Crippen LogP contribution in [0.4, 0.5) is 0 Å². The molecule has 0 unspecified atom stereocenters. The molecule has 2 fully saturated rings. The molecule has 16 heteroatoms. The second kappa shape index (κ2) is 12.7. The molecule has 290 valence electrons. The number of para-hydroxylation sites is 1. The molecule has 1 aromatic heterocycles. The zero-order valence-electron chi connectivity index (χ0n) is 29.9. The number of aliphatic hydroxyl groups excluding tert-OH is 1. The van der Waals surface area contributed by atoms with Gasteiger partial charge in [-0.05, 0) is 31.4 Å². The molecule has 2 bridgehead atoms. The van der Waals surface area contributed by atoms with Crippen molar-refractivity contribution in [2.24, 2.45) is 17.4 Å². The Morgan fingerprint density at radius 1 is 1.07 bits per heavy atom. The highest BCUT2D eigenvalue weighted by Crippen LogP contribution is 2.61. The molecule has 9 N–H and O–H groups in total. The van der Waals surface area contributed by atoms with E-state index in [1.807, 2.05) is 42.6 Å². The number of hydrogen-bond donors (Lipinski definition) is 7. The molecule has 4 aromatic rings. The molecule has 9 atom stereocenters. The molecule has 0 spiro atoms. The maximum Gasteiger partial charge on any atom is 0.317 e. The van der Waals surface area contributed by atoms with E-state index >= 15 is 0 Å². The summed E-state index contributed by atoms with van der Waals surface area (Å²) in [5.41, 5.74) is 12.4. The monoisotopic (exact) mass is 759 g/mol. The number of rotatable bonds is 8.